The van der Waals surface area contributed by atoms with Crippen molar-refractivity contribution in [2.75, 3.05) is 51.3 Å². The summed E-state index contributed by atoms with van der Waals surface area (Å²) in [6.45, 7) is 5.29. The zero-order valence-electron chi connectivity index (χ0n) is 18.5. The first-order valence-corrected chi connectivity index (χ1v) is 12.5. The van der Waals surface area contributed by atoms with Gasteiger partial charge in [-0.1, -0.05) is 0 Å². The van der Waals surface area contributed by atoms with Crippen LogP contribution in [0.25, 0.3) is 0 Å². The lowest BCUT2D eigenvalue weighted by molar-refractivity contribution is -0.131. The molecular weight excluding hydrogens is 432 g/mol. The molecule has 0 unspecified atom stereocenters. The number of likely N-dealkylation sites (tertiary alicyclic amines) is 2. The topological polar surface area (TPSA) is 112 Å². The van der Waals surface area contributed by atoms with Gasteiger partial charge in [-0.05, 0) is 56.7 Å². The Morgan fingerprint density at radius 2 is 1.94 bits per heavy atom. The molecule has 10 heteroatoms. The Balaban J connectivity index is 0.000000913. The van der Waals surface area contributed by atoms with E-state index in [1.54, 1.807) is 22.4 Å². The second kappa shape index (κ2) is 11.5. The quantitative estimate of drug-likeness (QED) is 0.596. The summed E-state index contributed by atoms with van der Waals surface area (Å²) in [7, 11) is 0. The van der Waals surface area contributed by atoms with Crippen molar-refractivity contribution >= 4 is 30.0 Å². The maximum absolute atomic E-state index is 13.0. The molecule has 1 aromatic heterocycles. The molecule has 0 spiro atoms. The normalized spacial score (nSPS) is 21.8. The molecule has 0 radical (unpaired) electrons. The summed E-state index contributed by atoms with van der Waals surface area (Å²) in [5.74, 6) is 0.850. The summed E-state index contributed by atoms with van der Waals surface area (Å²) in [6.07, 6.45) is 5.39. The monoisotopic (exact) mass is 464 g/mol. The van der Waals surface area contributed by atoms with Crippen LogP contribution in [0.3, 0.4) is 0 Å². The van der Waals surface area contributed by atoms with E-state index in [-0.39, 0.29) is 41.2 Å². The molecule has 4 heterocycles. The van der Waals surface area contributed by atoms with Crippen LogP contribution in [0.4, 0.5) is 0 Å². The number of nitrogens with zero attached hydrogens (tertiary/aromatic N) is 3. The molecule has 2 N–H and O–H groups in total. The van der Waals surface area contributed by atoms with Gasteiger partial charge in [-0.3, -0.25) is 19.2 Å². The first kappa shape index (κ1) is 24.3. The van der Waals surface area contributed by atoms with Gasteiger partial charge in [-0.15, -0.1) is 0 Å². The number of fused-ring (bicyclic) bond motifs is 4. The zero-order valence-corrected chi connectivity index (χ0v) is 19.3. The van der Waals surface area contributed by atoms with Gasteiger partial charge in [0, 0.05) is 44.3 Å². The molecule has 0 aliphatic carbocycles. The summed E-state index contributed by atoms with van der Waals surface area (Å²) >= 11 is 1.55. The summed E-state index contributed by atoms with van der Waals surface area (Å²) < 4.78 is 1.78. The van der Waals surface area contributed by atoms with E-state index in [1.165, 1.54) is 12.8 Å². The SMILES string of the molecule is CSCC(=O)N1C[C@@H]2C[C@H](C1)c1ccc(C(=O)NCCN3CCCC3)c(=O)n1C2.O=CO. The maximum Gasteiger partial charge on any atom is 0.290 e. The van der Waals surface area contributed by atoms with E-state index >= 15 is 0 Å². The molecule has 32 heavy (non-hydrogen) atoms. The fourth-order valence-electron chi connectivity index (χ4n) is 4.97. The van der Waals surface area contributed by atoms with Crippen LogP contribution in [0.5, 0.6) is 0 Å². The molecule has 2 bridgehead atoms. The summed E-state index contributed by atoms with van der Waals surface area (Å²) in [6, 6.07) is 3.59. The summed E-state index contributed by atoms with van der Waals surface area (Å²) in [5, 5.41) is 9.80. The lowest BCUT2D eigenvalue weighted by Gasteiger charge is -2.42. The van der Waals surface area contributed by atoms with Gasteiger partial charge in [0.15, 0.2) is 0 Å². The number of aromatic nitrogens is 1. The first-order valence-electron chi connectivity index (χ1n) is 11.1. The second-order valence-corrected chi connectivity index (χ2v) is 9.39. The molecule has 9 nitrogen and oxygen atoms in total. The minimum Gasteiger partial charge on any atom is -0.483 e. The fraction of sp³-hybridized carbons (Fsp3) is 0.636. The highest BCUT2D eigenvalue weighted by molar-refractivity contribution is 7.99. The van der Waals surface area contributed by atoms with Gasteiger partial charge in [0.1, 0.15) is 5.56 Å². The third-order valence-corrected chi connectivity index (χ3v) is 6.92. The Morgan fingerprint density at radius 3 is 2.62 bits per heavy atom. The third-order valence-electron chi connectivity index (χ3n) is 6.38. The Morgan fingerprint density at radius 1 is 1.22 bits per heavy atom. The predicted molar refractivity (Wildman–Crippen MR) is 123 cm³/mol. The van der Waals surface area contributed by atoms with Gasteiger partial charge in [0.25, 0.3) is 17.9 Å². The highest BCUT2D eigenvalue weighted by Crippen LogP contribution is 2.35. The van der Waals surface area contributed by atoms with Crippen molar-refractivity contribution in [3.8, 4) is 0 Å². The molecular formula is C22H32N4O5S. The minimum atomic E-state index is -0.281. The van der Waals surface area contributed by atoms with E-state index in [2.05, 4.69) is 10.2 Å². The van der Waals surface area contributed by atoms with Gasteiger partial charge in [-0.2, -0.15) is 11.8 Å². The number of hydrogen-bond acceptors (Lipinski definition) is 6. The molecule has 2 saturated heterocycles. The van der Waals surface area contributed by atoms with Crippen molar-refractivity contribution in [2.24, 2.45) is 5.92 Å². The Labute approximate surface area is 192 Å². The number of carbonyl (C=O) groups is 3. The van der Waals surface area contributed by atoms with Crippen LogP contribution in [0.15, 0.2) is 16.9 Å². The van der Waals surface area contributed by atoms with E-state index < -0.39 is 0 Å². The minimum absolute atomic E-state index is 0.174. The van der Waals surface area contributed by atoms with Crippen LogP contribution in [-0.4, -0.2) is 89.0 Å². The average Bonchev–Trinajstić information content (AvgIpc) is 3.28. The van der Waals surface area contributed by atoms with Gasteiger partial charge in [-0.25, -0.2) is 0 Å². The van der Waals surface area contributed by atoms with E-state index in [9.17, 15) is 14.4 Å². The van der Waals surface area contributed by atoms with Gasteiger partial charge in [0.2, 0.25) is 5.91 Å². The number of carboxylic acid groups (broad SMARTS) is 1. The number of nitrogens with one attached hydrogen (secondary N) is 1. The number of thioether (sulfide) groups is 1. The number of rotatable bonds is 6. The fourth-order valence-corrected chi connectivity index (χ4v) is 5.40. The largest absolute Gasteiger partial charge is 0.483 e. The van der Waals surface area contributed by atoms with Gasteiger partial charge >= 0.3 is 0 Å². The highest BCUT2D eigenvalue weighted by atomic mass is 32.2. The van der Waals surface area contributed by atoms with Crippen molar-refractivity contribution in [1.82, 2.24) is 19.7 Å². The molecule has 2 amide bonds. The summed E-state index contributed by atoms with van der Waals surface area (Å²) in [4.78, 5) is 50.6. The molecule has 1 aromatic rings. The third kappa shape index (κ3) is 5.72. The molecule has 2 atom stereocenters. The van der Waals surface area contributed by atoms with Crippen LogP contribution in [0.1, 0.15) is 41.2 Å². The number of pyridine rings is 1. The second-order valence-electron chi connectivity index (χ2n) is 8.53. The number of piperidine rings is 1. The molecule has 176 valence electrons. The number of amides is 2. The molecule has 0 aromatic carbocycles. The van der Waals surface area contributed by atoms with Crippen LogP contribution in [0, 0.1) is 5.92 Å². The van der Waals surface area contributed by atoms with Crippen molar-refractivity contribution in [3.63, 3.8) is 0 Å². The van der Waals surface area contributed by atoms with E-state index in [4.69, 9.17) is 9.90 Å². The van der Waals surface area contributed by atoms with Crippen LogP contribution < -0.4 is 10.9 Å². The Kier molecular flexibility index (Phi) is 8.75. The van der Waals surface area contributed by atoms with Crippen molar-refractivity contribution in [1.29, 1.82) is 0 Å². The van der Waals surface area contributed by atoms with Crippen LogP contribution in [-0.2, 0) is 16.1 Å². The Hall–Kier alpha value is -2.33. The lowest BCUT2D eigenvalue weighted by Crippen LogP contribution is -2.50. The molecule has 3 aliphatic rings. The molecule has 3 aliphatic heterocycles. The van der Waals surface area contributed by atoms with Crippen LogP contribution >= 0.6 is 11.8 Å². The van der Waals surface area contributed by atoms with Crippen molar-refractivity contribution in [3.05, 3.63) is 33.7 Å². The first-order chi connectivity index (χ1) is 15.5. The standard InChI is InChI=1S/C21H30N4O3S.CH2O2/c1-29-14-19(26)24-11-15-10-16(13-24)18-5-4-17(21(28)25(18)12-15)20(27)22-6-9-23-7-2-3-8-23;2-1-3/h4-5,15-16H,2-3,6-14H2,1H3,(H,22,27);1H,(H,2,3)/t15-,16+;/m0./s1. The zero-order chi connectivity index (χ0) is 23.1. The molecule has 0 saturated carbocycles. The van der Waals surface area contributed by atoms with Gasteiger partial charge in [0.05, 0.1) is 5.75 Å². The summed E-state index contributed by atoms with van der Waals surface area (Å²) in [5.41, 5.74) is 0.992. The predicted octanol–water partition coefficient (Wildman–Crippen LogP) is 0.683. The maximum atomic E-state index is 13.0. The van der Waals surface area contributed by atoms with Crippen molar-refractivity contribution in [2.45, 2.75) is 31.7 Å². The van der Waals surface area contributed by atoms with Crippen LogP contribution in [0.2, 0.25) is 0 Å². The van der Waals surface area contributed by atoms with Gasteiger partial charge < -0.3 is 24.8 Å². The average molecular weight is 465 g/mol. The lowest BCUT2D eigenvalue weighted by atomic mass is 9.83. The van der Waals surface area contributed by atoms with E-state index in [0.29, 0.717) is 31.9 Å². The van der Waals surface area contributed by atoms with Crippen molar-refractivity contribution < 1.29 is 19.5 Å². The van der Waals surface area contributed by atoms with E-state index in [1.807, 2.05) is 17.2 Å². The molecule has 4 rings (SSSR count). The molecule has 2 fully saturated rings. The number of carbonyl (C=O) groups excluding carboxylic acids is 2. The highest BCUT2D eigenvalue weighted by Gasteiger charge is 2.36. The Bertz CT molecular complexity index is 884. The smallest absolute Gasteiger partial charge is 0.290 e. The van der Waals surface area contributed by atoms with E-state index in [0.717, 1.165) is 31.7 Å². The number of hydrogen-bond donors (Lipinski definition) is 2.